The summed E-state index contributed by atoms with van der Waals surface area (Å²) in [6.45, 7) is 2.59. The SMILES string of the molecule is CN1C(=O)C2C(N=C(CN(Cc3ccccc3)Cc3ccccc3)N2Cc2ccccc2)N(C)C1=O. The Kier molecular flexibility index (Phi) is 6.82. The molecule has 184 valence electrons. The highest BCUT2D eigenvalue weighted by Gasteiger charge is 2.50. The number of nitrogens with zero attached hydrogens (tertiary/aromatic N) is 5. The van der Waals surface area contributed by atoms with Crippen LogP contribution in [0.3, 0.4) is 0 Å². The standard InChI is InChI=1S/C29H31N5O2/c1-31-27-26(28(35)32(2)29(31)36)34(20-24-16-10-5-11-17-24)25(30-27)21-33(18-22-12-6-3-7-13-22)19-23-14-8-4-9-15-23/h3-17,26-27H,18-21H2,1-2H3. The maximum Gasteiger partial charge on any atom is 0.328 e. The van der Waals surface area contributed by atoms with Crippen LogP contribution >= 0.6 is 0 Å². The van der Waals surface area contributed by atoms with E-state index < -0.39 is 12.2 Å². The van der Waals surface area contributed by atoms with E-state index >= 15 is 0 Å². The summed E-state index contributed by atoms with van der Waals surface area (Å²) in [6, 6.07) is 30.0. The Morgan fingerprint density at radius 1 is 0.722 bits per heavy atom. The number of amidine groups is 1. The molecule has 7 heteroatoms. The molecule has 0 aromatic heterocycles. The van der Waals surface area contributed by atoms with Gasteiger partial charge in [0.15, 0.2) is 12.2 Å². The summed E-state index contributed by atoms with van der Waals surface area (Å²) < 4.78 is 0. The fourth-order valence-corrected chi connectivity index (χ4v) is 4.97. The van der Waals surface area contributed by atoms with Crippen LogP contribution in [0.15, 0.2) is 96.0 Å². The summed E-state index contributed by atoms with van der Waals surface area (Å²) in [7, 11) is 3.27. The van der Waals surface area contributed by atoms with Crippen LogP contribution in [0.2, 0.25) is 0 Å². The molecule has 5 rings (SSSR count). The van der Waals surface area contributed by atoms with Crippen molar-refractivity contribution >= 4 is 17.8 Å². The number of hydrogen-bond donors (Lipinski definition) is 0. The quantitative estimate of drug-likeness (QED) is 0.491. The topological polar surface area (TPSA) is 59.5 Å². The molecule has 3 aromatic carbocycles. The maximum absolute atomic E-state index is 13.3. The molecular formula is C29H31N5O2. The van der Waals surface area contributed by atoms with Crippen molar-refractivity contribution in [1.29, 1.82) is 0 Å². The second kappa shape index (κ2) is 10.3. The van der Waals surface area contributed by atoms with Crippen molar-refractivity contribution in [3.8, 4) is 0 Å². The van der Waals surface area contributed by atoms with Gasteiger partial charge in [0.1, 0.15) is 5.84 Å². The molecule has 3 aromatic rings. The number of urea groups is 1. The molecule has 2 heterocycles. The van der Waals surface area contributed by atoms with Crippen LogP contribution in [0.1, 0.15) is 16.7 Å². The molecule has 1 saturated heterocycles. The van der Waals surface area contributed by atoms with Gasteiger partial charge in [-0.1, -0.05) is 91.0 Å². The Hall–Kier alpha value is -3.97. The minimum Gasteiger partial charge on any atom is -0.339 e. The van der Waals surface area contributed by atoms with Gasteiger partial charge in [-0.2, -0.15) is 0 Å². The Labute approximate surface area is 212 Å². The number of aliphatic imine (C=N–C) groups is 1. The molecule has 2 aliphatic heterocycles. The number of rotatable bonds is 8. The van der Waals surface area contributed by atoms with Crippen molar-refractivity contribution in [1.82, 2.24) is 19.6 Å². The molecule has 0 saturated carbocycles. The van der Waals surface area contributed by atoms with E-state index in [1.165, 1.54) is 16.0 Å². The van der Waals surface area contributed by atoms with E-state index in [1.54, 1.807) is 19.0 Å². The summed E-state index contributed by atoms with van der Waals surface area (Å²) in [4.78, 5) is 38.2. The number of hydrogen-bond acceptors (Lipinski definition) is 5. The van der Waals surface area contributed by atoms with Crippen LogP contribution in [-0.2, 0) is 24.4 Å². The third-order valence-corrected chi connectivity index (χ3v) is 6.86. The predicted octanol–water partition coefficient (Wildman–Crippen LogP) is 3.82. The Morgan fingerprint density at radius 3 is 1.75 bits per heavy atom. The van der Waals surface area contributed by atoms with E-state index in [9.17, 15) is 9.59 Å². The van der Waals surface area contributed by atoms with Crippen molar-refractivity contribution in [2.75, 3.05) is 20.6 Å². The van der Waals surface area contributed by atoms with Gasteiger partial charge in [-0.25, -0.2) is 9.79 Å². The predicted molar refractivity (Wildman–Crippen MR) is 140 cm³/mol. The minimum absolute atomic E-state index is 0.213. The van der Waals surface area contributed by atoms with Gasteiger partial charge in [-0.05, 0) is 16.7 Å². The lowest BCUT2D eigenvalue weighted by molar-refractivity contribution is -0.136. The molecule has 36 heavy (non-hydrogen) atoms. The normalized spacial score (nSPS) is 19.6. The molecule has 0 aliphatic carbocycles. The lowest BCUT2D eigenvalue weighted by Gasteiger charge is -2.40. The van der Waals surface area contributed by atoms with E-state index in [4.69, 9.17) is 4.99 Å². The van der Waals surface area contributed by atoms with Gasteiger partial charge >= 0.3 is 6.03 Å². The molecule has 2 unspecified atom stereocenters. The lowest BCUT2D eigenvalue weighted by atomic mass is 10.1. The van der Waals surface area contributed by atoms with Crippen molar-refractivity contribution in [2.24, 2.45) is 4.99 Å². The molecule has 0 bridgehead atoms. The third-order valence-electron chi connectivity index (χ3n) is 6.86. The number of fused-ring (bicyclic) bond motifs is 1. The van der Waals surface area contributed by atoms with E-state index in [-0.39, 0.29) is 11.9 Å². The average Bonchev–Trinajstić information content (AvgIpc) is 3.25. The molecule has 7 nitrogen and oxygen atoms in total. The molecule has 3 amide bonds. The summed E-state index contributed by atoms with van der Waals surface area (Å²) >= 11 is 0. The zero-order valence-electron chi connectivity index (χ0n) is 20.7. The molecule has 0 spiro atoms. The zero-order chi connectivity index (χ0) is 25.1. The van der Waals surface area contributed by atoms with Crippen LogP contribution in [0, 0.1) is 0 Å². The summed E-state index contributed by atoms with van der Waals surface area (Å²) in [5, 5.41) is 0. The van der Waals surface area contributed by atoms with Crippen LogP contribution in [0.5, 0.6) is 0 Å². The highest BCUT2D eigenvalue weighted by Crippen LogP contribution is 2.29. The number of amides is 3. The monoisotopic (exact) mass is 481 g/mol. The Balaban J connectivity index is 1.47. The fraction of sp³-hybridized carbons (Fsp3) is 0.276. The molecule has 0 N–H and O–H groups in total. The lowest BCUT2D eigenvalue weighted by Crippen LogP contribution is -2.64. The van der Waals surface area contributed by atoms with Crippen molar-refractivity contribution < 1.29 is 9.59 Å². The van der Waals surface area contributed by atoms with E-state index in [0.29, 0.717) is 13.1 Å². The smallest absolute Gasteiger partial charge is 0.328 e. The van der Waals surface area contributed by atoms with E-state index in [2.05, 4.69) is 70.5 Å². The number of benzene rings is 3. The van der Waals surface area contributed by atoms with E-state index in [1.807, 2.05) is 30.3 Å². The van der Waals surface area contributed by atoms with Crippen molar-refractivity contribution in [3.05, 3.63) is 108 Å². The Morgan fingerprint density at radius 2 is 1.22 bits per heavy atom. The minimum atomic E-state index is -0.539. The molecular weight excluding hydrogens is 450 g/mol. The fourth-order valence-electron chi connectivity index (χ4n) is 4.97. The first-order valence-electron chi connectivity index (χ1n) is 12.2. The van der Waals surface area contributed by atoms with Crippen LogP contribution < -0.4 is 0 Å². The first-order valence-corrected chi connectivity index (χ1v) is 12.2. The van der Waals surface area contributed by atoms with Gasteiger partial charge in [0.05, 0.1) is 6.54 Å². The third kappa shape index (κ3) is 4.88. The maximum atomic E-state index is 13.3. The highest BCUT2D eigenvalue weighted by atomic mass is 16.2. The second-order valence-electron chi connectivity index (χ2n) is 9.42. The van der Waals surface area contributed by atoms with Gasteiger partial charge in [0.25, 0.3) is 5.91 Å². The van der Waals surface area contributed by atoms with Crippen LogP contribution in [-0.4, -0.2) is 70.2 Å². The molecule has 1 fully saturated rings. The molecule has 0 radical (unpaired) electrons. The average molecular weight is 482 g/mol. The molecule has 2 aliphatic rings. The summed E-state index contributed by atoms with van der Waals surface area (Å²) in [5.41, 5.74) is 3.52. The van der Waals surface area contributed by atoms with Crippen LogP contribution in [0.25, 0.3) is 0 Å². The van der Waals surface area contributed by atoms with Gasteiger partial charge in [-0.3, -0.25) is 14.6 Å². The van der Waals surface area contributed by atoms with Gasteiger partial charge in [0, 0.05) is 33.7 Å². The summed E-state index contributed by atoms with van der Waals surface area (Å²) in [5.74, 6) is 0.611. The first kappa shape index (κ1) is 23.8. The first-order chi connectivity index (χ1) is 17.5. The van der Waals surface area contributed by atoms with Gasteiger partial charge in [-0.15, -0.1) is 0 Å². The van der Waals surface area contributed by atoms with Crippen molar-refractivity contribution in [2.45, 2.75) is 31.8 Å². The van der Waals surface area contributed by atoms with Gasteiger partial charge in [0.2, 0.25) is 0 Å². The van der Waals surface area contributed by atoms with E-state index in [0.717, 1.165) is 24.5 Å². The molecule has 2 atom stereocenters. The summed E-state index contributed by atoms with van der Waals surface area (Å²) in [6.07, 6.45) is -0.532. The number of imide groups is 1. The number of carbonyl (C=O) groups is 2. The Bertz CT molecular complexity index is 1190. The van der Waals surface area contributed by atoms with Crippen molar-refractivity contribution in [3.63, 3.8) is 0 Å². The number of likely N-dealkylation sites (N-methyl/N-ethyl adjacent to an activating group) is 2. The largest absolute Gasteiger partial charge is 0.339 e. The highest BCUT2D eigenvalue weighted by molar-refractivity contribution is 6.04. The van der Waals surface area contributed by atoms with Gasteiger partial charge < -0.3 is 9.80 Å². The zero-order valence-corrected chi connectivity index (χ0v) is 20.7. The second-order valence-corrected chi connectivity index (χ2v) is 9.42. The van der Waals surface area contributed by atoms with Crippen LogP contribution in [0.4, 0.5) is 4.79 Å². The number of carbonyl (C=O) groups excluding carboxylic acids is 2.